The number of nitrogens with zero attached hydrogens (tertiary/aromatic N) is 1. The molecule has 0 bridgehead atoms. The van der Waals surface area contributed by atoms with Gasteiger partial charge in [-0.2, -0.15) is 0 Å². The van der Waals surface area contributed by atoms with E-state index in [1.165, 1.54) is 0 Å². The number of aromatic nitrogens is 1. The van der Waals surface area contributed by atoms with E-state index in [9.17, 15) is 0 Å². The SMILES string of the molecule is Cc1cc(Cl)c2ncc(Cl)c(Br)c2c1. The van der Waals surface area contributed by atoms with Crippen molar-refractivity contribution >= 4 is 50.0 Å². The molecule has 2 rings (SSSR count). The summed E-state index contributed by atoms with van der Waals surface area (Å²) in [5.74, 6) is 0. The zero-order valence-corrected chi connectivity index (χ0v) is 10.4. The van der Waals surface area contributed by atoms with Gasteiger partial charge in [-0.05, 0) is 40.5 Å². The van der Waals surface area contributed by atoms with Crippen LogP contribution in [0, 0.1) is 6.92 Å². The molecule has 1 aromatic carbocycles. The second-order valence-corrected chi connectivity index (χ2v) is 4.67. The van der Waals surface area contributed by atoms with Crippen LogP contribution in [0.2, 0.25) is 10.0 Å². The predicted octanol–water partition coefficient (Wildman–Crippen LogP) is 4.61. The third-order valence-corrected chi connectivity index (χ3v) is 3.62. The van der Waals surface area contributed by atoms with Gasteiger partial charge >= 0.3 is 0 Å². The second kappa shape index (κ2) is 3.69. The average molecular weight is 291 g/mol. The van der Waals surface area contributed by atoms with Gasteiger partial charge < -0.3 is 0 Å². The molecule has 0 aliphatic rings. The van der Waals surface area contributed by atoms with Crippen molar-refractivity contribution in [1.82, 2.24) is 4.98 Å². The first-order valence-corrected chi connectivity index (χ1v) is 5.54. The normalized spacial score (nSPS) is 10.9. The number of halogens is 3. The van der Waals surface area contributed by atoms with Crippen molar-refractivity contribution in [2.75, 3.05) is 0 Å². The fourth-order valence-electron chi connectivity index (χ4n) is 1.34. The first-order chi connectivity index (χ1) is 6.59. The summed E-state index contributed by atoms with van der Waals surface area (Å²) < 4.78 is 0.842. The van der Waals surface area contributed by atoms with Gasteiger partial charge in [-0.3, -0.25) is 4.98 Å². The first kappa shape index (κ1) is 10.2. The Morgan fingerprint density at radius 2 is 1.93 bits per heavy atom. The predicted molar refractivity (Wildman–Crippen MR) is 64.2 cm³/mol. The summed E-state index contributed by atoms with van der Waals surface area (Å²) in [6.07, 6.45) is 1.59. The lowest BCUT2D eigenvalue weighted by Crippen LogP contribution is -1.84. The van der Waals surface area contributed by atoms with Gasteiger partial charge in [0.2, 0.25) is 0 Å². The monoisotopic (exact) mass is 289 g/mol. The molecule has 1 nitrogen and oxygen atoms in total. The average Bonchev–Trinajstić information content (AvgIpc) is 2.12. The van der Waals surface area contributed by atoms with Gasteiger partial charge in [-0.1, -0.05) is 23.2 Å². The lowest BCUT2D eigenvalue weighted by molar-refractivity contribution is 1.38. The fraction of sp³-hybridized carbons (Fsp3) is 0.100. The van der Waals surface area contributed by atoms with E-state index in [4.69, 9.17) is 23.2 Å². The zero-order valence-electron chi connectivity index (χ0n) is 7.31. The van der Waals surface area contributed by atoms with E-state index in [1.807, 2.05) is 19.1 Å². The molecule has 0 N–H and O–H groups in total. The number of rotatable bonds is 0. The van der Waals surface area contributed by atoms with Crippen LogP contribution in [0.3, 0.4) is 0 Å². The molecule has 0 aliphatic heterocycles. The summed E-state index contributed by atoms with van der Waals surface area (Å²) in [7, 11) is 0. The molecule has 0 saturated heterocycles. The van der Waals surface area contributed by atoms with E-state index in [2.05, 4.69) is 20.9 Å². The summed E-state index contributed by atoms with van der Waals surface area (Å²) >= 11 is 15.4. The largest absolute Gasteiger partial charge is 0.253 e. The number of aryl methyl sites for hydroxylation is 1. The highest BCUT2D eigenvalue weighted by molar-refractivity contribution is 9.10. The highest BCUT2D eigenvalue weighted by Gasteiger charge is 2.07. The van der Waals surface area contributed by atoms with Crippen LogP contribution in [-0.4, -0.2) is 4.98 Å². The molecule has 0 spiro atoms. The van der Waals surface area contributed by atoms with Gasteiger partial charge in [-0.25, -0.2) is 0 Å². The maximum Gasteiger partial charge on any atom is 0.0900 e. The number of pyridine rings is 1. The van der Waals surface area contributed by atoms with Crippen molar-refractivity contribution in [3.8, 4) is 0 Å². The molecule has 1 heterocycles. The molecule has 4 heteroatoms. The van der Waals surface area contributed by atoms with Crippen LogP contribution in [-0.2, 0) is 0 Å². The Labute approximate surface area is 100 Å². The molecular weight excluding hydrogens is 285 g/mol. The second-order valence-electron chi connectivity index (χ2n) is 3.06. The Bertz CT molecular complexity index is 511. The van der Waals surface area contributed by atoms with Gasteiger partial charge in [0.05, 0.1) is 15.6 Å². The van der Waals surface area contributed by atoms with Crippen LogP contribution in [0.15, 0.2) is 22.8 Å². The highest BCUT2D eigenvalue weighted by Crippen LogP contribution is 2.33. The highest BCUT2D eigenvalue weighted by atomic mass is 79.9. The van der Waals surface area contributed by atoms with Crippen LogP contribution in [0.4, 0.5) is 0 Å². The van der Waals surface area contributed by atoms with Gasteiger partial charge in [0, 0.05) is 16.1 Å². The number of hydrogen-bond donors (Lipinski definition) is 0. The minimum atomic E-state index is 0.596. The van der Waals surface area contributed by atoms with Crippen LogP contribution in [0.5, 0.6) is 0 Å². The van der Waals surface area contributed by atoms with Crippen molar-refractivity contribution < 1.29 is 0 Å². The Morgan fingerprint density at radius 1 is 1.21 bits per heavy atom. The smallest absolute Gasteiger partial charge is 0.0900 e. The molecule has 1 aromatic heterocycles. The van der Waals surface area contributed by atoms with Crippen molar-refractivity contribution in [3.63, 3.8) is 0 Å². The summed E-state index contributed by atoms with van der Waals surface area (Å²) in [5.41, 5.74) is 1.86. The number of fused-ring (bicyclic) bond motifs is 1. The Kier molecular flexibility index (Phi) is 2.69. The van der Waals surface area contributed by atoms with Crippen LogP contribution in [0.1, 0.15) is 5.56 Å². The number of benzene rings is 1. The maximum absolute atomic E-state index is 6.06. The van der Waals surface area contributed by atoms with Crippen molar-refractivity contribution in [2.45, 2.75) is 6.92 Å². The first-order valence-electron chi connectivity index (χ1n) is 3.99. The molecule has 2 aromatic rings. The van der Waals surface area contributed by atoms with Gasteiger partial charge in [-0.15, -0.1) is 0 Å². The van der Waals surface area contributed by atoms with Gasteiger partial charge in [0.25, 0.3) is 0 Å². The summed E-state index contributed by atoms with van der Waals surface area (Å²) in [5, 5.41) is 2.19. The van der Waals surface area contributed by atoms with Crippen molar-refractivity contribution in [3.05, 3.63) is 38.4 Å². The number of hydrogen-bond acceptors (Lipinski definition) is 1. The minimum Gasteiger partial charge on any atom is -0.253 e. The van der Waals surface area contributed by atoms with Gasteiger partial charge in [0.1, 0.15) is 0 Å². The third kappa shape index (κ3) is 1.62. The fourth-order valence-corrected chi connectivity index (χ4v) is 2.22. The summed E-state index contributed by atoms with van der Waals surface area (Å²) in [6.45, 7) is 1.98. The molecule has 0 amide bonds. The molecule has 0 aliphatic carbocycles. The van der Waals surface area contributed by atoms with Gasteiger partial charge in [0.15, 0.2) is 0 Å². The lowest BCUT2D eigenvalue weighted by atomic mass is 10.1. The molecule has 0 unspecified atom stereocenters. The van der Waals surface area contributed by atoms with E-state index in [1.54, 1.807) is 6.20 Å². The zero-order chi connectivity index (χ0) is 10.3. The standard InChI is InChI=1S/C10H6BrCl2N/c1-5-2-6-9(11)8(13)4-14-10(6)7(12)3-5/h2-4H,1H3. The molecule has 0 radical (unpaired) electrons. The Morgan fingerprint density at radius 3 is 2.64 bits per heavy atom. The molecule has 72 valence electrons. The van der Waals surface area contributed by atoms with E-state index in [0.29, 0.717) is 10.0 Å². The van der Waals surface area contributed by atoms with E-state index in [0.717, 1.165) is 20.9 Å². The van der Waals surface area contributed by atoms with Crippen LogP contribution in [0.25, 0.3) is 10.9 Å². The Hall–Kier alpha value is -0.310. The van der Waals surface area contributed by atoms with E-state index >= 15 is 0 Å². The third-order valence-electron chi connectivity index (χ3n) is 1.96. The van der Waals surface area contributed by atoms with E-state index in [-0.39, 0.29) is 0 Å². The Balaban J connectivity index is 2.95. The van der Waals surface area contributed by atoms with E-state index < -0.39 is 0 Å². The lowest BCUT2D eigenvalue weighted by Gasteiger charge is -2.05. The molecular formula is C10H6BrCl2N. The summed E-state index contributed by atoms with van der Waals surface area (Å²) in [6, 6.07) is 3.89. The van der Waals surface area contributed by atoms with Crippen LogP contribution >= 0.6 is 39.1 Å². The topological polar surface area (TPSA) is 12.9 Å². The molecule has 0 fully saturated rings. The van der Waals surface area contributed by atoms with Crippen molar-refractivity contribution in [2.24, 2.45) is 0 Å². The molecule has 14 heavy (non-hydrogen) atoms. The minimum absolute atomic E-state index is 0.596. The molecule has 0 atom stereocenters. The quantitative estimate of drug-likeness (QED) is 0.690. The maximum atomic E-state index is 6.06. The van der Waals surface area contributed by atoms with Crippen molar-refractivity contribution in [1.29, 1.82) is 0 Å². The molecule has 0 saturated carbocycles. The van der Waals surface area contributed by atoms with Crippen LogP contribution < -0.4 is 0 Å². The summed E-state index contributed by atoms with van der Waals surface area (Å²) in [4.78, 5) is 4.19.